The predicted molar refractivity (Wildman–Crippen MR) is 60.1 cm³/mol. The summed E-state index contributed by atoms with van der Waals surface area (Å²) in [6.07, 6.45) is 0. The number of hydrogen-bond acceptors (Lipinski definition) is 2. The predicted octanol–water partition coefficient (Wildman–Crippen LogP) is 2.72. The molecule has 0 saturated heterocycles. The summed E-state index contributed by atoms with van der Waals surface area (Å²) in [4.78, 5) is 0. The molecule has 0 aliphatic carbocycles. The molecule has 1 aromatic rings. The van der Waals surface area contributed by atoms with Crippen LogP contribution in [0.25, 0.3) is 0 Å². The molecule has 0 bridgehead atoms. The van der Waals surface area contributed by atoms with Gasteiger partial charge in [0.05, 0.1) is 5.02 Å². The van der Waals surface area contributed by atoms with Gasteiger partial charge in [0.15, 0.2) is 0 Å². The van der Waals surface area contributed by atoms with Crippen molar-refractivity contribution in [3.63, 3.8) is 0 Å². The van der Waals surface area contributed by atoms with Crippen LogP contribution in [0.1, 0.15) is 29.5 Å². The minimum atomic E-state index is 0.132. The van der Waals surface area contributed by atoms with Gasteiger partial charge < -0.3 is 10.8 Å². The Hall–Kier alpha value is -0.730. The first-order chi connectivity index (χ1) is 6.49. The maximum absolute atomic E-state index is 9.87. The zero-order valence-electron chi connectivity index (χ0n) is 8.76. The van der Waals surface area contributed by atoms with E-state index in [2.05, 4.69) is 0 Å². The van der Waals surface area contributed by atoms with E-state index >= 15 is 0 Å². The number of phenolic OH excluding ortho intramolecular Hbond substituents is 1. The van der Waals surface area contributed by atoms with Crippen LogP contribution in [0.5, 0.6) is 5.75 Å². The van der Waals surface area contributed by atoms with Gasteiger partial charge in [0.1, 0.15) is 5.75 Å². The second-order valence-electron chi connectivity index (χ2n) is 3.72. The lowest BCUT2D eigenvalue weighted by Gasteiger charge is -2.16. The van der Waals surface area contributed by atoms with Gasteiger partial charge in [-0.2, -0.15) is 0 Å². The van der Waals surface area contributed by atoms with E-state index in [1.165, 1.54) is 0 Å². The van der Waals surface area contributed by atoms with Crippen LogP contribution < -0.4 is 5.73 Å². The number of benzene rings is 1. The fourth-order valence-electron chi connectivity index (χ4n) is 1.70. The minimum Gasteiger partial charge on any atom is -0.506 e. The quantitative estimate of drug-likeness (QED) is 0.794. The van der Waals surface area contributed by atoms with Crippen LogP contribution in [0.4, 0.5) is 0 Å². The minimum absolute atomic E-state index is 0.132. The van der Waals surface area contributed by atoms with Gasteiger partial charge in [0.2, 0.25) is 0 Å². The molecule has 0 heterocycles. The molecule has 0 aliphatic heterocycles. The summed E-state index contributed by atoms with van der Waals surface area (Å²) in [6.45, 7) is 6.33. The van der Waals surface area contributed by atoms with E-state index in [-0.39, 0.29) is 11.7 Å². The van der Waals surface area contributed by atoms with E-state index in [1.54, 1.807) is 0 Å². The first-order valence-electron chi connectivity index (χ1n) is 4.67. The largest absolute Gasteiger partial charge is 0.506 e. The van der Waals surface area contributed by atoms with Crippen molar-refractivity contribution in [3.05, 3.63) is 27.8 Å². The number of nitrogens with two attached hydrogens (primary N) is 1. The molecule has 3 N–H and O–H groups in total. The van der Waals surface area contributed by atoms with Gasteiger partial charge in [0.25, 0.3) is 0 Å². The van der Waals surface area contributed by atoms with E-state index in [1.807, 2.05) is 26.8 Å². The standard InChI is InChI=1S/C11H16ClNO/c1-6-4-7(2)10(12)11(14)9(6)8(3)5-13/h4,8,14H,5,13H2,1-3H3. The number of aromatic hydroxyl groups is 1. The Labute approximate surface area is 89.7 Å². The van der Waals surface area contributed by atoms with Crippen molar-refractivity contribution >= 4 is 11.6 Å². The molecule has 0 spiro atoms. The Morgan fingerprint density at radius 3 is 2.50 bits per heavy atom. The summed E-state index contributed by atoms with van der Waals surface area (Å²) >= 11 is 5.97. The monoisotopic (exact) mass is 213 g/mol. The summed E-state index contributed by atoms with van der Waals surface area (Å²) < 4.78 is 0. The smallest absolute Gasteiger partial charge is 0.138 e. The Balaban J connectivity index is 3.36. The molecule has 78 valence electrons. The second kappa shape index (κ2) is 4.20. The zero-order chi connectivity index (χ0) is 10.9. The van der Waals surface area contributed by atoms with Crippen LogP contribution in [0.2, 0.25) is 5.02 Å². The van der Waals surface area contributed by atoms with Crippen LogP contribution in [0.3, 0.4) is 0 Å². The highest BCUT2D eigenvalue weighted by molar-refractivity contribution is 6.32. The number of hydrogen-bond donors (Lipinski definition) is 2. The lowest BCUT2D eigenvalue weighted by molar-refractivity contribution is 0.462. The Morgan fingerprint density at radius 1 is 1.43 bits per heavy atom. The van der Waals surface area contributed by atoms with Crippen molar-refractivity contribution < 1.29 is 5.11 Å². The molecule has 1 aromatic carbocycles. The summed E-state index contributed by atoms with van der Waals surface area (Å²) in [6, 6.07) is 1.98. The van der Waals surface area contributed by atoms with E-state index in [0.717, 1.165) is 16.7 Å². The molecule has 1 unspecified atom stereocenters. The molecule has 1 atom stereocenters. The second-order valence-corrected chi connectivity index (χ2v) is 4.10. The Morgan fingerprint density at radius 2 is 2.00 bits per heavy atom. The molecular weight excluding hydrogens is 198 g/mol. The number of halogens is 1. The molecule has 1 rings (SSSR count). The Bertz CT molecular complexity index is 350. The van der Waals surface area contributed by atoms with E-state index in [0.29, 0.717) is 11.6 Å². The third-order valence-corrected chi connectivity index (χ3v) is 2.99. The van der Waals surface area contributed by atoms with Crippen LogP contribution in [0, 0.1) is 13.8 Å². The van der Waals surface area contributed by atoms with Gasteiger partial charge in [-0.25, -0.2) is 0 Å². The van der Waals surface area contributed by atoms with Crippen molar-refractivity contribution in [2.75, 3.05) is 6.54 Å². The van der Waals surface area contributed by atoms with E-state index in [4.69, 9.17) is 17.3 Å². The van der Waals surface area contributed by atoms with Gasteiger partial charge in [-0.15, -0.1) is 0 Å². The third kappa shape index (κ3) is 1.86. The molecule has 0 aliphatic rings. The molecular formula is C11H16ClNO. The normalized spacial score (nSPS) is 12.9. The molecule has 0 saturated carbocycles. The SMILES string of the molecule is Cc1cc(C)c(C(C)CN)c(O)c1Cl. The zero-order valence-corrected chi connectivity index (χ0v) is 9.52. The van der Waals surface area contributed by atoms with Crippen LogP contribution >= 0.6 is 11.6 Å². The summed E-state index contributed by atoms with van der Waals surface area (Å²) in [5.74, 6) is 0.315. The van der Waals surface area contributed by atoms with Crippen LogP contribution in [0.15, 0.2) is 6.07 Å². The lowest BCUT2D eigenvalue weighted by Crippen LogP contribution is -2.10. The molecule has 2 nitrogen and oxygen atoms in total. The van der Waals surface area contributed by atoms with Gasteiger partial charge in [-0.1, -0.05) is 24.6 Å². The summed E-state index contributed by atoms with van der Waals surface area (Å²) in [5, 5.41) is 10.3. The molecule has 0 fully saturated rings. The van der Waals surface area contributed by atoms with Gasteiger partial charge in [0, 0.05) is 5.56 Å². The lowest BCUT2D eigenvalue weighted by atomic mass is 9.94. The third-order valence-electron chi connectivity index (χ3n) is 2.51. The van der Waals surface area contributed by atoms with Crippen molar-refractivity contribution in [2.45, 2.75) is 26.7 Å². The van der Waals surface area contributed by atoms with Crippen molar-refractivity contribution in [3.8, 4) is 5.75 Å². The van der Waals surface area contributed by atoms with Crippen LogP contribution in [-0.4, -0.2) is 11.7 Å². The molecule has 3 heteroatoms. The highest BCUT2D eigenvalue weighted by Crippen LogP contribution is 2.37. The van der Waals surface area contributed by atoms with E-state index in [9.17, 15) is 5.11 Å². The highest BCUT2D eigenvalue weighted by Gasteiger charge is 2.16. The molecule has 0 amide bonds. The first kappa shape index (κ1) is 11.3. The Kier molecular flexibility index (Phi) is 3.40. The fraction of sp³-hybridized carbons (Fsp3) is 0.455. The average Bonchev–Trinajstić information content (AvgIpc) is 2.14. The van der Waals surface area contributed by atoms with Gasteiger partial charge >= 0.3 is 0 Å². The van der Waals surface area contributed by atoms with Crippen molar-refractivity contribution in [1.82, 2.24) is 0 Å². The van der Waals surface area contributed by atoms with Crippen molar-refractivity contribution in [2.24, 2.45) is 5.73 Å². The van der Waals surface area contributed by atoms with Gasteiger partial charge in [-0.3, -0.25) is 0 Å². The molecule has 14 heavy (non-hydrogen) atoms. The molecule has 0 radical (unpaired) electrons. The first-order valence-corrected chi connectivity index (χ1v) is 5.05. The number of phenols is 1. The maximum atomic E-state index is 9.87. The van der Waals surface area contributed by atoms with E-state index < -0.39 is 0 Å². The average molecular weight is 214 g/mol. The van der Waals surface area contributed by atoms with Crippen LogP contribution in [-0.2, 0) is 0 Å². The maximum Gasteiger partial charge on any atom is 0.138 e. The van der Waals surface area contributed by atoms with Gasteiger partial charge in [-0.05, 0) is 37.4 Å². The topological polar surface area (TPSA) is 46.2 Å². The highest BCUT2D eigenvalue weighted by atomic mass is 35.5. The van der Waals surface area contributed by atoms with Crippen molar-refractivity contribution in [1.29, 1.82) is 0 Å². The molecule has 0 aromatic heterocycles. The summed E-state index contributed by atoms with van der Waals surface area (Å²) in [5.41, 5.74) is 8.38. The number of aryl methyl sites for hydroxylation is 2. The summed E-state index contributed by atoms with van der Waals surface area (Å²) in [7, 11) is 0. The fourth-order valence-corrected chi connectivity index (χ4v) is 1.85. The number of rotatable bonds is 2.